The summed E-state index contributed by atoms with van der Waals surface area (Å²) < 4.78 is 20.4. The van der Waals surface area contributed by atoms with Crippen molar-refractivity contribution in [2.24, 2.45) is 11.7 Å². The lowest BCUT2D eigenvalue weighted by molar-refractivity contribution is 0.432. The largest absolute Gasteiger partial charge is 0.421 e. The van der Waals surface area contributed by atoms with Crippen molar-refractivity contribution in [1.29, 1.82) is 0 Å². The lowest BCUT2D eigenvalue weighted by atomic mass is 10.0. The second-order valence-electron chi connectivity index (χ2n) is 8.85. The third kappa shape index (κ3) is 2.99. The number of piperidine rings is 1. The summed E-state index contributed by atoms with van der Waals surface area (Å²) >= 11 is 0. The molecule has 6 rings (SSSR count). The van der Waals surface area contributed by atoms with E-state index < -0.39 is 0 Å². The standard InChI is InChI=1S/C23H24FN7O/c1-11-27-8-14(9-28-11)32-23-29-19-7-15-16(5-13(24)6-18(15)26-2)21(19)22(30-23)31-10-12-3-17(25)20(31)4-12/h5-6,8-9,12,17,20,26H,3-4,7,10,25H2,1-2H3/t12-,17+,20?/m0/s1. The van der Waals surface area contributed by atoms with E-state index in [1.165, 1.54) is 6.07 Å². The van der Waals surface area contributed by atoms with Gasteiger partial charge in [0.2, 0.25) is 0 Å². The van der Waals surface area contributed by atoms with Crippen molar-refractivity contribution in [2.75, 3.05) is 23.8 Å². The summed E-state index contributed by atoms with van der Waals surface area (Å²) in [6.45, 7) is 2.70. The van der Waals surface area contributed by atoms with Gasteiger partial charge in [-0.25, -0.2) is 14.4 Å². The van der Waals surface area contributed by atoms with Crippen LogP contribution in [0, 0.1) is 18.7 Å². The minimum atomic E-state index is -0.288. The van der Waals surface area contributed by atoms with Crippen LogP contribution in [0.2, 0.25) is 0 Å². The van der Waals surface area contributed by atoms with Crippen molar-refractivity contribution in [3.63, 3.8) is 0 Å². The van der Waals surface area contributed by atoms with Gasteiger partial charge in [-0.1, -0.05) is 0 Å². The van der Waals surface area contributed by atoms with Crippen LogP contribution < -0.4 is 20.7 Å². The molecule has 1 aliphatic heterocycles. The van der Waals surface area contributed by atoms with Gasteiger partial charge < -0.3 is 20.7 Å². The van der Waals surface area contributed by atoms with Crippen molar-refractivity contribution in [1.82, 2.24) is 19.9 Å². The molecule has 3 aliphatic rings. The Bertz CT molecular complexity index is 1220. The van der Waals surface area contributed by atoms with Crippen LogP contribution in [0.15, 0.2) is 24.5 Å². The molecule has 2 aliphatic carbocycles. The van der Waals surface area contributed by atoms with Crippen LogP contribution in [0.5, 0.6) is 11.8 Å². The Balaban J connectivity index is 1.49. The fraction of sp³-hybridized carbons (Fsp3) is 0.391. The van der Waals surface area contributed by atoms with Crippen LogP contribution in [-0.2, 0) is 6.42 Å². The zero-order valence-electron chi connectivity index (χ0n) is 18.0. The second-order valence-corrected chi connectivity index (χ2v) is 8.85. The minimum absolute atomic E-state index is 0.107. The molecule has 1 saturated carbocycles. The SMILES string of the molecule is CNc1cc(F)cc2c1Cc1nc(Oc3cnc(C)nc3)nc(N3C[C@@H]4CC3[C@H](N)C4)c1-2. The molecule has 8 nitrogen and oxygen atoms in total. The Morgan fingerprint density at radius 1 is 1.19 bits per heavy atom. The van der Waals surface area contributed by atoms with Crippen molar-refractivity contribution >= 4 is 11.5 Å². The maximum absolute atomic E-state index is 14.5. The van der Waals surface area contributed by atoms with Gasteiger partial charge in [-0.2, -0.15) is 9.97 Å². The lowest BCUT2D eigenvalue weighted by Crippen LogP contribution is -2.46. The molecule has 3 heterocycles. The maximum atomic E-state index is 14.5. The average Bonchev–Trinajstić information content (AvgIpc) is 3.46. The van der Waals surface area contributed by atoms with E-state index in [2.05, 4.69) is 20.2 Å². The highest BCUT2D eigenvalue weighted by Gasteiger charge is 2.45. The van der Waals surface area contributed by atoms with E-state index in [9.17, 15) is 4.39 Å². The van der Waals surface area contributed by atoms with E-state index in [0.717, 1.165) is 53.3 Å². The van der Waals surface area contributed by atoms with Crippen molar-refractivity contribution in [3.8, 4) is 22.9 Å². The van der Waals surface area contributed by atoms with Gasteiger partial charge in [0.05, 0.1) is 18.1 Å². The summed E-state index contributed by atoms with van der Waals surface area (Å²) in [6, 6.07) is 3.66. The molecule has 0 amide bonds. The van der Waals surface area contributed by atoms with Gasteiger partial charge in [-0.05, 0) is 48.9 Å². The molecular formula is C23H24FN7O. The summed E-state index contributed by atoms with van der Waals surface area (Å²) in [6.07, 6.45) is 5.88. The average molecular weight is 433 g/mol. The fourth-order valence-electron chi connectivity index (χ4n) is 5.43. The van der Waals surface area contributed by atoms with Crippen LogP contribution in [0.3, 0.4) is 0 Å². The van der Waals surface area contributed by atoms with E-state index in [-0.39, 0.29) is 23.9 Å². The number of rotatable bonds is 4. The third-order valence-electron chi connectivity index (χ3n) is 6.81. The number of nitrogens with two attached hydrogens (primary N) is 1. The first-order valence-electron chi connectivity index (χ1n) is 10.9. The number of nitrogens with zero attached hydrogens (tertiary/aromatic N) is 5. The molecule has 2 fully saturated rings. The van der Waals surface area contributed by atoms with E-state index in [1.54, 1.807) is 25.5 Å². The molecule has 0 spiro atoms. The highest BCUT2D eigenvalue weighted by molar-refractivity contribution is 5.88. The van der Waals surface area contributed by atoms with Crippen molar-refractivity contribution in [3.05, 3.63) is 47.4 Å². The number of halogens is 1. The Kier molecular flexibility index (Phi) is 4.29. The van der Waals surface area contributed by atoms with E-state index in [4.69, 9.17) is 20.4 Å². The zero-order valence-corrected chi connectivity index (χ0v) is 18.0. The van der Waals surface area contributed by atoms with Crippen molar-refractivity contribution < 1.29 is 9.13 Å². The van der Waals surface area contributed by atoms with E-state index in [1.807, 2.05) is 6.92 Å². The first kappa shape index (κ1) is 19.4. The summed E-state index contributed by atoms with van der Waals surface area (Å²) in [5.41, 5.74) is 10.7. The first-order chi connectivity index (χ1) is 15.5. The lowest BCUT2D eigenvalue weighted by Gasteiger charge is -2.33. The van der Waals surface area contributed by atoms with Gasteiger partial charge in [0, 0.05) is 43.3 Å². The quantitative estimate of drug-likeness (QED) is 0.506. The predicted molar refractivity (Wildman–Crippen MR) is 118 cm³/mol. The Morgan fingerprint density at radius 2 is 2.00 bits per heavy atom. The van der Waals surface area contributed by atoms with E-state index in [0.29, 0.717) is 23.9 Å². The Labute approximate surface area is 185 Å². The van der Waals surface area contributed by atoms with Crippen LogP contribution in [-0.4, -0.2) is 45.6 Å². The monoisotopic (exact) mass is 433 g/mol. The van der Waals surface area contributed by atoms with Gasteiger partial charge in [0.1, 0.15) is 17.5 Å². The molecule has 2 aromatic heterocycles. The van der Waals surface area contributed by atoms with E-state index >= 15 is 0 Å². The number of anilines is 2. The molecule has 1 unspecified atom stereocenters. The smallest absolute Gasteiger partial charge is 0.324 e. The molecule has 9 heteroatoms. The van der Waals surface area contributed by atoms with Gasteiger partial charge in [0.15, 0.2) is 5.75 Å². The van der Waals surface area contributed by atoms with Crippen LogP contribution in [0.4, 0.5) is 15.9 Å². The number of benzene rings is 1. The number of aryl methyl sites for hydroxylation is 1. The molecule has 3 atom stereocenters. The zero-order chi connectivity index (χ0) is 22.0. The Morgan fingerprint density at radius 3 is 2.72 bits per heavy atom. The minimum Gasteiger partial charge on any atom is -0.421 e. The van der Waals surface area contributed by atoms with Gasteiger partial charge in [-0.3, -0.25) is 0 Å². The maximum Gasteiger partial charge on any atom is 0.324 e. The molecule has 32 heavy (non-hydrogen) atoms. The predicted octanol–water partition coefficient (Wildman–Crippen LogP) is 3.05. The van der Waals surface area contributed by atoms with Gasteiger partial charge >= 0.3 is 6.01 Å². The number of aromatic nitrogens is 4. The molecule has 1 saturated heterocycles. The first-order valence-corrected chi connectivity index (χ1v) is 10.9. The summed E-state index contributed by atoms with van der Waals surface area (Å²) in [5, 5.41) is 3.12. The molecule has 164 valence electrons. The normalized spacial score (nSPS) is 22.8. The number of hydrogen-bond donors (Lipinski definition) is 2. The fourth-order valence-corrected chi connectivity index (χ4v) is 5.43. The summed E-state index contributed by atoms with van der Waals surface area (Å²) in [4.78, 5) is 20.2. The van der Waals surface area contributed by atoms with Crippen molar-refractivity contribution in [2.45, 2.75) is 38.3 Å². The van der Waals surface area contributed by atoms with Crippen LogP contribution >= 0.6 is 0 Å². The van der Waals surface area contributed by atoms with Crippen LogP contribution in [0.1, 0.15) is 29.9 Å². The molecule has 3 aromatic rings. The number of ether oxygens (including phenoxy) is 1. The highest BCUT2D eigenvalue weighted by Crippen LogP contribution is 2.48. The summed E-state index contributed by atoms with van der Waals surface area (Å²) in [5.74, 6) is 2.16. The molecule has 3 N–H and O–H groups in total. The van der Waals surface area contributed by atoms with Crippen LogP contribution in [0.25, 0.3) is 11.1 Å². The highest BCUT2D eigenvalue weighted by atomic mass is 19.1. The second kappa shape index (κ2) is 7.09. The molecule has 2 bridgehead atoms. The third-order valence-corrected chi connectivity index (χ3v) is 6.81. The molecule has 0 radical (unpaired) electrons. The topological polar surface area (TPSA) is 102 Å². The van der Waals surface area contributed by atoms with Gasteiger partial charge in [0.25, 0.3) is 0 Å². The molecule has 1 aromatic carbocycles. The summed E-state index contributed by atoms with van der Waals surface area (Å²) in [7, 11) is 1.80. The van der Waals surface area contributed by atoms with Gasteiger partial charge in [-0.15, -0.1) is 0 Å². The number of hydrogen-bond acceptors (Lipinski definition) is 8. The number of fused-ring (bicyclic) bond motifs is 5. The number of nitrogens with one attached hydrogen (secondary N) is 1. The molecular weight excluding hydrogens is 409 g/mol. The Hall–Kier alpha value is -3.33.